The Kier molecular flexibility index (Phi) is 10.6. The third kappa shape index (κ3) is 7.87. The zero-order chi connectivity index (χ0) is 18.9. The van der Waals surface area contributed by atoms with Crippen LogP contribution in [0.1, 0.15) is 43.2 Å². The number of likely N-dealkylation sites (N-methyl/N-ethyl adjacent to an activating group) is 1. The van der Waals surface area contributed by atoms with E-state index in [4.69, 9.17) is 4.74 Å². The predicted molar refractivity (Wildman–Crippen MR) is 127 cm³/mol. The SMILES string of the molecule is CN=C(NCc1ccccc1CN1CCCCC1)N(C)CCOCC1CC1.I. The van der Waals surface area contributed by atoms with Gasteiger partial charge in [-0.15, -0.1) is 24.0 Å². The number of nitrogens with one attached hydrogen (secondary N) is 1. The first-order valence-corrected chi connectivity index (χ1v) is 10.5. The van der Waals surface area contributed by atoms with E-state index in [1.165, 1.54) is 56.3 Å². The average Bonchev–Trinajstić information content (AvgIpc) is 3.52. The fraction of sp³-hybridized carbons (Fsp3) is 0.682. The van der Waals surface area contributed by atoms with Crippen molar-refractivity contribution in [1.82, 2.24) is 15.1 Å². The summed E-state index contributed by atoms with van der Waals surface area (Å²) < 4.78 is 5.76. The lowest BCUT2D eigenvalue weighted by Gasteiger charge is -2.27. The first kappa shape index (κ1) is 23.4. The van der Waals surface area contributed by atoms with Crippen LogP contribution >= 0.6 is 24.0 Å². The molecule has 6 heteroatoms. The minimum absolute atomic E-state index is 0. The monoisotopic (exact) mass is 500 g/mol. The summed E-state index contributed by atoms with van der Waals surface area (Å²) in [7, 11) is 3.93. The van der Waals surface area contributed by atoms with Crippen LogP contribution in [-0.2, 0) is 17.8 Å². The van der Waals surface area contributed by atoms with Gasteiger partial charge in [0.2, 0.25) is 0 Å². The lowest BCUT2D eigenvalue weighted by molar-refractivity contribution is 0.115. The average molecular weight is 500 g/mol. The normalized spacial score (nSPS) is 17.9. The number of aliphatic imine (C=N–C) groups is 1. The van der Waals surface area contributed by atoms with Gasteiger partial charge in [0.05, 0.1) is 6.61 Å². The van der Waals surface area contributed by atoms with Gasteiger partial charge in [-0.2, -0.15) is 0 Å². The Hall–Kier alpha value is -0.860. The second-order valence-corrected chi connectivity index (χ2v) is 7.95. The predicted octanol–water partition coefficient (Wildman–Crippen LogP) is 3.72. The van der Waals surface area contributed by atoms with E-state index in [0.29, 0.717) is 0 Å². The molecule has 1 aromatic carbocycles. The molecule has 158 valence electrons. The van der Waals surface area contributed by atoms with Crippen molar-refractivity contribution < 1.29 is 4.74 Å². The molecule has 1 saturated heterocycles. The second kappa shape index (κ2) is 12.6. The van der Waals surface area contributed by atoms with Crippen molar-refractivity contribution in [2.24, 2.45) is 10.9 Å². The summed E-state index contributed by atoms with van der Waals surface area (Å²) in [4.78, 5) is 9.18. The topological polar surface area (TPSA) is 40.1 Å². The molecule has 2 fully saturated rings. The van der Waals surface area contributed by atoms with Gasteiger partial charge >= 0.3 is 0 Å². The largest absolute Gasteiger partial charge is 0.379 e. The van der Waals surface area contributed by atoms with Crippen LogP contribution in [0.2, 0.25) is 0 Å². The lowest BCUT2D eigenvalue weighted by Crippen LogP contribution is -2.40. The summed E-state index contributed by atoms with van der Waals surface area (Å²) in [5.41, 5.74) is 2.79. The van der Waals surface area contributed by atoms with Crippen molar-refractivity contribution in [2.45, 2.75) is 45.2 Å². The van der Waals surface area contributed by atoms with Gasteiger partial charge in [0, 0.05) is 40.3 Å². The van der Waals surface area contributed by atoms with Crippen LogP contribution < -0.4 is 5.32 Å². The maximum atomic E-state index is 5.76. The Bertz CT molecular complexity index is 600. The highest BCUT2D eigenvalue weighted by atomic mass is 127. The Balaban J connectivity index is 0.00000280. The molecule has 0 spiro atoms. The van der Waals surface area contributed by atoms with Gasteiger partial charge < -0.3 is 15.0 Å². The van der Waals surface area contributed by atoms with Crippen LogP contribution in [0, 0.1) is 5.92 Å². The molecule has 0 amide bonds. The number of benzene rings is 1. The van der Waals surface area contributed by atoms with E-state index in [-0.39, 0.29) is 24.0 Å². The highest BCUT2D eigenvalue weighted by Gasteiger charge is 2.21. The van der Waals surface area contributed by atoms with Crippen LogP contribution in [0.5, 0.6) is 0 Å². The lowest BCUT2D eigenvalue weighted by atomic mass is 10.0. The van der Waals surface area contributed by atoms with E-state index < -0.39 is 0 Å². The van der Waals surface area contributed by atoms with Gasteiger partial charge in [-0.1, -0.05) is 30.7 Å². The van der Waals surface area contributed by atoms with Crippen molar-refractivity contribution in [3.8, 4) is 0 Å². The summed E-state index contributed by atoms with van der Waals surface area (Å²) in [6.07, 6.45) is 6.74. The molecule has 3 rings (SSSR count). The quantitative estimate of drug-likeness (QED) is 0.243. The summed E-state index contributed by atoms with van der Waals surface area (Å²) in [5, 5.41) is 3.53. The Labute approximate surface area is 187 Å². The molecule has 1 aliphatic carbocycles. The van der Waals surface area contributed by atoms with Crippen molar-refractivity contribution in [1.29, 1.82) is 0 Å². The fourth-order valence-corrected chi connectivity index (χ4v) is 3.64. The van der Waals surface area contributed by atoms with Gasteiger partial charge in [-0.25, -0.2) is 0 Å². The number of hydrogen-bond acceptors (Lipinski definition) is 3. The van der Waals surface area contributed by atoms with Crippen LogP contribution in [0.3, 0.4) is 0 Å². The van der Waals surface area contributed by atoms with Crippen molar-refractivity contribution in [2.75, 3.05) is 46.9 Å². The summed E-state index contributed by atoms with van der Waals surface area (Å²) >= 11 is 0. The van der Waals surface area contributed by atoms with Gasteiger partial charge in [0.15, 0.2) is 5.96 Å². The second-order valence-electron chi connectivity index (χ2n) is 7.95. The number of nitrogens with zero attached hydrogens (tertiary/aromatic N) is 3. The van der Waals surface area contributed by atoms with Gasteiger partial charge in [0.1, 0.15) is 0 Å². The Morgan fingerprint density at radius 1 is 1.18 bits per heavy atom. The number of guanidine groups is 1. The van der Waals surface area contributed by atoms with Crippen molar-refractivity contribution >= 4 is 29.9 Å². The molecular weight excluding hydrogens is 463 g/mol. The number of rotatable bonds is 9. The smallest absolute Gasteiger partial charge is 0.193 e. The molecule has 5 nitrogen and oxygen atoms in total. The third-order valence-electron chi connectivity index (χ3n) is 5.59. The highest BCUT2D eigenvalue weighted by molar-refractivity contribution is 14.0. The van der Waals surface area contributed by atoms with Gasteiger partial charge in [0.25, 0.3) is 0 Å². The van der Waals surface area contributed by atoms with E-state index >= 15 is 0 Å². The molecule has 2 aliphatic rings. The van der Waals surface area contributed by atoms with E-state index in [0.717, 1.165) is 44.7 Å². The van der Waals surface area contributed by atoms with Crippen molar-refractivity contribution in [3.05, 3.63) is 35.4 Å². The standard InChI is InChI=1S/C22H36N4O.HI/c1-23-22(25(2)14-15-27-18-19-10-11-19)24-16-20-8-4-5-9-21(20)17-26-12-6-3-7-13-26;/h4-5,8-9,19H,3,6-7,10-18H2,1-2H3,(H,23,24);1H. The molecule has 1 heterocycles. The molecule has 0 bridgehead atoms. The number of hydrogen-bond donors (Lipinski definition) is 1. The number of halogens is 1. The molecular formula is C22H37IN4O. The Morgan fingerprint density at radius 3 is 2.57 bits per heavy atom. The number of piperidine rings is 1. The minimum Gasteiger partial charge on any atom is -0.379 e. The van der Waals surface area contributed by atoms with E-state index in [9.17, 15) is 0 Å². The molecule has 28 heavy (non-hydrogen) atoms. The molecule has 1 aromatic rings. The summed E-state index contributed by atoms with van der Waals surface area (Å²) in [5.74, 6) is 1.75. The van der Waals surface area contributed by atoms with Gasteiger partial charge in [-0.3, -0.25) is 9.89 Å². The van der Waals surface area contributed by atoms with Crippen LogP contribution in [-0.4, -0.2) is 62.7 Å². The number of likely N-dealkylation sites (tertiary alicyclic amines) is 1. The maximum absolute atomic E-state index is 5.76. The van der Waals surface area contributed by atoms with Crippen LogP contribution in [0.4, 0.5) is 0 Å². The van der Waals surface area contributed by atoms with Crippen LogP contribution in [0.15, 0.2) is 29.3 Å². The third-order valence-corrected chi connectivity index (χ3v) is 5.59. The molecule has 1 saturated carbocycles. The van der Waals surface area contributed by atoms with E-state index in [1.54, 1.807) is 0 Å². The zero-order valence-corrected chi connectivity index (χ0v) is 19.9. The van der Waals surface area contributed by atoms with Gasteiger partial charge in [-0.05, 0) is 55.8 Å². The zero-order valence-electron chi connectivity index (χ0n) is 17.5. The fourth-order valence-electron chi connectivity index (χ4n) is 3.64. The maximum Gasteiger partial charge on any atom is 0.193 e. The molecule has 1 aliphatic heterocycles. The molecule has 1 N–H and O–H groups in total. The Morgan fingerprint density at radius 2 is 1.89 bits per heavy atom. The van der Waals surface area contributed by atoms with E-state index in [1.807, 2.05) is 7.05 Å². The summed E-state index contributed by atoms with van der Waals surface area (Å²) in [6, 6.07) is 8.79. The number of ether oxygens (including phenoxy) is 1. The van der Waals surface area contributed by atoms with Crippen molar-refractivity contribution in [3.63, 3.8) is 0 Å². The first-order valence-electron chi connectivity index (χ1n) is 10.5. The molecule has 0 atom stereocenters. The first-order chi connectivity index (χ1) is 13.3. The molecule has 0 radical (unpaired) electrons. The minimum atomic E-state index is 0. The molecule has 0 unspecified atom stereocenters. The summed E-state index contributed by atoms with van der Waals surface area (Å²) in [6.45, 7) is 6.87. The van der Waals surface area contributed by atoms with E-state index in [2.05, 4.69) is 51.4 Å². The molecule has 0 aromatic heterocycles. The van der Waals surface area contributed by atoms with Crippen LogP contribution in [0.25, 0.3) is 0 Å². The highest BCUT2D eigenvalue weighted by Crippen LogP contribution is 2.28.